The third-order valence-electron chi connectivity index (χ3n) is 10.3. The molecule has 0 saturated heterocycles. The summed E-state index contributed by atoms with van der Waals surface area (Å²) < 4.78 is 11.1. The van der Waals surface area contributed by atoms with E-state index in [1.54, 1.807) is 0 Å². The lowest BCUT2D eigenvalue weighted by Crippen LogP contribution is -2.10. The van der Waals surface area contributed by atoms with Crippen molar-refractivity contribution in [3.8, 4) is 33.9 Å². The Morgan fingerprint density at radius 2 is 1.16 bits per heavy atom. The summed E-state index contributed by atoms with van der Waals surface area (Å²) in [5.41, 5.74) is 13.1. The van der Waals surface area contributed by atoms with Crippen LogP contribution in [0.5, 0.6) is 0 Å². The van der Waals surface area contributed by atoms with E-state index >= 15 is 0 Å². The number of hydrogen-bond acceptors (Lipinski definition) is 2. The normalized spacial score (nSPS) is 12.2. The maximum atomic E-state index is 6.47. The van der Waals surface area contributed by atoms with Gasteiger partial charge in [0.05, 0.1) is 22.1 Å². The molecule has 0 aliphatic heterocycles. The third kappa shape index (κ3) is 4.64. The maximum absolute atomic E-state index is 6.47. The van der Waals surface area contributed by atoms with Crippen LogP contribution in [0.2, 0.25) is 0 Å². The lowest BCUT2D eigenvalue weighted by atomic mass is 9.86. The highest BCUT2D eigenvalue weighted by Crippen LogP contribution is 2.41. The van der Waals surface area contributed by atoms with Crippen LogP contribution in [0, 0.1) is 0 Å². The third-order valence-corrected chi connectivity index (χ3v) is 10.3. The van der Waals surface area contributed by atoms with Gasteiger partial charge in [-0.1, -0.05) is 99.6 Å². The summed E-state index contributed by atoms with van der Waals surface area (Å²) in [6.07, 6.45) is 0. The van der Waals surface area contributed by atoms with Crippen LogP contribution in [0.25, 0.3) is 88.7 Å². The number of furan rings is 1. The fourth-order valence-corrected chi connectivity index (χ4v) is 7.73. The highest BCUT2D eigenvalue weighted by molar-refractivity contribution is 6.13. The van der Waals surface area contributed by atoms with E-state index in [0.717, 1.165) is 66.9 Å². The van der Waals surface area contributed by atoms with Gasteiger partial charge in [-0.15, -0.1) is 0 Å². The Labute approximate surface area is 295 Å². The zero-order valence-electron chi connectivity index (χ0n) is 28.8. The predicted molar refractivity (Wildman–Crippen MR) is 212 cm³/mol. The number of aromatic nitrogens is 3. The zero-order chi connectivity index (χ0) is 34.3. The SMILES string of the molecule is CC(C)(C)c1ccc2c(c1)c1cc(-c3cccc4c3oc3ccccc34)ccc1n2-c1ccc(-c2nc3ccccc3n2-c2ccccc2)cc1. The van der Waals surface area contributed by atoms with Gasteiger partial charge in [-0.3, -0.25) is 4.57 Å². The molecular weight excluding hydrogens is 623 g/mol. The molecule has 51 heavy (non-hydrogen) atoms. The van der Waals surface area contributed by atoms with Crippen molar-refractivity contribution >= 4 is 54.8 Å². The van der Waals surface area contributed by atoms with E-state index in [-0.39, 0.29) is 5.41 Å². The minimum absolute atomic E-state index is 0.0198. The second-order valence-corrected chi connectivity index (χ2v) is 14.5. The van der Waals surface area contributed by atoms with Crippen LogP contribution in [-0.2, 0) is 5.41 Å². The second kappa shape index (κ2) is 11.1. The molecule has 3 heterocycles. The van der Waals surface area contributed by atoms with E-state index in [2.05, 4.69) is 169 Å². The molecule has 0 amide bonds. The van der Waals surface area contributed by atoms with E-state index in [9.17, 15) is 0 Å². The van der Waals surface area contributed by atoms with Crippen LogP contribution in [0.1, 0.15) is 26.3 Å². The Morgan fingerprint density at radius 3 is 1.98 bits per heavy atom. The van der Waals surface area contributed by atoms with Crippen LogP contribution >= 0.6 is 0 Å². The molecule has 10 rings (SSSR count). The summed E-state index contributed by atoms with van der Waals surface area (Å²) in [5, 5.41) is 4.74. The molecule has 0 saturated carbocycles. The van der Waals surface area contributed by atoms with Crippen molar-refractivity contribution in [2.75, 3.05) is 0 Å². The van der Waals surface area contributed by atoms with E-state index in [0.29, 0.717) is 0 Å². The number of imidazole rings is 1. The van der Waals surface area contributed by atoms with Gasteiger partial charge >= 0.3 is 0 Å². The average molecular weight is 658 g/mol. The van der Waals surface area contributed by atoms with Crippen LogP contribution < -0.4 is 0 Å². The molecule has 0 atom stereocenters. The number of fused-ring (bicyclic) bond motifs is 7. The minimum Gasteiger partial charge on any atom is -0.455 e. The molecule has 0 N–H and O–H groups in total. The minimum atomic E-state index is 0.0198. The first kappa shape index (κ1) is 29.5. The van der Waals surface area contributed by atoms with Gasteiger partial charge in [0, 0.05) is 44.0 Å². The van der Waals surface area contributed by atoms with Crippen LogP contribution in [0.15, 0.2) is 162 Å². The Bertz CT molecular complexity index is 2930. The molecule has 0 unspecified atom stereocenters. The van der Waals surface area contributed by atoms with Gasteiger partial charge in [0.2, 0.25) is 0 Å². The highest BCUT2D eigenvalue weighted by atomic mass is 16.3. The first-order chi connectivity index (χ1) is 24.9. The van der Waals surface area contributed by atoms with E-state index < -0.39 is 0 Å². The van der Waals surface area contributed by atoms with Crippen molar-refractivity contribution in [1.82, 2.24) is 14.1 Å². The van der Waals surface area contributed by atoms with Crippen molar-refractivity contribution in [2.45, 2.75) is 26.2 Å². The van der Waals surface area contributed by atoms with Crippen molar-refractivity contribution in [3.05, 3.63) is 163 Å². The first-order valence-corrected chi connectivity index (χ1v) is 17.6. The van der Waals surface area contributed by atoms with Gasteiger partial charge in [-0.05, 0) is 95.4 Å². The van der Waals surface area contributed by atoms with Crippen molar-refractivity contribution < 1.29 is 4.42 Å². The van der Waals surface area contributed by atoms with Gasteiger partial charge in [0.15, 0.2) is 0 Å². The monoisotopic (exact) mass is 657 g/mol. The first-order valence-electron chi connectivity index (χ1n) is 17.6. The van der Waals surface area contributed by atoms with Gasteiger partial charge < -0.3 is 8.98 Å². The topological polar surface area (TPSA) is 35.9 Å². The predicted octanol–water partition coefficient (Wildman–Crippen LogP) is 12.7. The highest BCUT2D eigenvalue weighted by Gasteiger charge is 2.20. The van der Waals surface area contributed by atoms with E-state index in [1.165, 1.54) is 27.4 Å². The smallest absolute Gasteiger partial charge is 0.145 e. The average Bonchev–Trinajstić information content (AvgIpc) is 3.84. The summed E-state index contributed by atoms with van der Waals surface area (Å²) in [4.78, 5) is 5.11. The molecule has 0 aliphatic rings. The van der Waals surface area contributed by atoms with Gasteiger partial charge in [0.25, 0.3) is 0 Å². The van der Waals surface area contributed by atoms with E-state index in [4.69, 9.17) is 9.40 Å². The molecule has 0 spiro atoms. The summed E-state index contributed by atoms with van der Waals surface area (Å²) in [6, 6.07) is 56.2. The van der Waals surface area contributed by atoms with Crippen molar-refractivity contribution in [1.29, 1.82) is 0 Å². The summed E-state index contributed by atoms with van der Waals surface area (Å²) in [5.74, 6) is 0.926. The van der Waals surface area contributed by atoms with Crippen LogP contribution in [-0.4, -0.2) is 14.1 Å². The number of nitrogens with zero attached hydrogens (tertiary/aromatic N) is 3. The molecule has 0 radical (unpaired) electrons. The maximum Gasteiger partial charge on any atom is 0.145 e. The standard InChI is InChI=1S/C47H35N3O/c1-47(2,3)32-23-27-42-39(29-32)38-28-31(35-15-11-16-37-36-14-7-10-19-44(36)51-45(35)37)22-26-41(38)49(42)34-24-20-30(21-25-34)46-48-40-17-8-9-18-43(40)50(46)33-12-5-4-6-13-33/h4-29H,1-3H3. The molecule has 4 heteroatoms. The molecule has 0 aliphatic carbocycles. The summed E-state index contributed by atoms with van der Waals surface area (Å²) in [6.45, 7) is 6.84. The number of benzene rings is 7. The Morgan fingerprint density at radius 1 is 0.490 bits per heavy atom. The fourth-order valence-electron chi connectivity index (χ4n) is 7.73. The lowest BCUT2D eigenvalue weighted by molar-refractivity contribution is 0.591. The second-order valence-electron chi connectivity index (χ2n) is 14.5. The van der Waals surface area contributed by atoms with Crippen LogP contribution in [0.3, 0.4) is 0 Å². The zero-order valence-corrected chi connectivity index (χ0v) is 28.8. The Hall–Kier alpha value is -6.39. The quantitative estimate of drug-likeness (QED) is 0.189. The fraction of sp³-hybridized carbons (Fsp3) is 0.0851. The Kier molecular flexibility index (Phi) is 6.40. The van der Waals surface area contributed by atoms with Crippen LogP contribution in [0.4, 0.5) is 0 Å². The number of para-hydroxylation sites is 5. The van der Waals surface area contributed by atoms with Gasteiger partial charge in [-0.25, -0.2) is 4.98 Å². The molecule has 4 nitrogen and oxygen atoms in total. The van der Waals surface area contributed by atoms with Gasteiger partial charge in [0.1, 0.15) is 17.0 Å². The molecule has 7 aromatic carbocycles. The summed E-state index contributed by atoms with van der Waals surface area (Å²) in [7, 11) is 0. The van der Waals surface area contributed by atoms with E-state index in [1.807, 2.05) is 18.2 Å². The number of hydrogen-bond donors (Lipinski definition) is 0. The molecule has 10 aromatic rings. The number of rotatable bonds is 4. The molecular formula is C47H35N3O. The summed E-state index contributed by atoms with van der Waals surface area (Å²) >= 11 is 0. The largest absolute Gasteiger partial charge is 0.455 e. The molecule has 3 aromatic heterocycles. The van der Waals surface area contributed by atoms with Gasteiger partial charge in [-0.2, -0.15) is 0 Å². The van der Waals surface area contributed by atoms with Crippen molar-refractivity contribution in [3.63, 3.8) is 0 Å². The molecule has 244 valence electrons. The van der Waals surface area contributed by atoms with Crippen molar-refractivity contribution in [2.24, 2.45) is 0 Å². The Balaban J connectivity index is 1.16. The molecule has 0 bridgehead atoms. The lowest BCUT2D eigenvalue weighted by Gasteiger charge is -2.19. The molecule has 0 fully saturated rings.